The normalized spacial score (nSPS) is 18.6. The Kier molecular flexibility index (Phi) is 3.85. The molecule has 7 nitrogen and oxygen atoms in total. The fraction of sp³-hybridized carbons (Fsp3) is 0.158. The van der Waals surface area contributed by atoms with Crippen molar-refractivity contribution in [3.05, 3.63) is 94.3 Å². The first kappa shape index (κ1) is 16.2. The number of hydrogen-bond donors (Lipinski definition) is 1. The molecule has 7 heteroatoms. The maximum atomic E-state index is 11.5. The van der Waals surface area contributed by atoms with Crippen molar-refractivity contribution < 1.29 is 14.6 Å². The Morgan fingerprint density at radius 2 is 1.88 bits per heavy atom. The summed E-state index contributed by atoms with van der Waals surface area (Å²) >= 11 is 0. The van der Waals surface area contributed by atoms with Crippen LogP contribution in [0.15, 0.2) is 73.1 Å². The van der Waals surface area contributed by atoms with Gasteiger partial charge in [0.1, 0.15) is 12.7 Å². The number of benzene rings is 2. The number of anilines is 1. The van der Waals surface area contributed by atoms with Gasteiger partial charge in [0.05, 0.1) is 17.7 Å². The van der Waals surface area contributed by atoms with E-state index in [1.165, 1.54) is 12.1 Å². The Hall–Kier alpha value is -3.32. The van der Waals surface area contributed by atoms with Gasteiger partial charge < -0.3 is 5.11 Å². The van der Waals surface area contributed by atoms with Crippen molar-refractivity contribution >= 4 is 11.6 Å². The van der Waals surface area contributed by atoms with Crippen LogP contribution in [-0.2, 0) is 18.8 Å². The number of aromatic nitrogens is 2. The minimum absolute atomic E-state index is 0.00625. The average molecular weight is 349 g/mol. The number of nitro groups is 1. The third-order valence-electron chi connectivity index (χ3n) is 4.60. The lowest BCUT2D eigenvalue weighted by Crippen LogP contribution is -2.45. The van der Waals surface area contributed by atoms with Gasteiger partial charge in [-0.05, 0) is 17.7 Å². The molecule has 1 atom stereocenters. The molecule has 1 aromatic heterocycles. The van der Waals surface area contributed by atoms with Gasteiger partial charge in [-0.25, -0.2) is 9.47 Å². The van der Waals surface area contributed by atoms with Crippen LogP contribution >= 0.6 is 0 Å². The van der Waals surface area contributed by atoms with Gasteiger partial charge in [-0.1, -0.05) is 35.3 Å². The summed E-state index contributed by atoms with van der Waals surface area (Å²) in [5.74, 6) is 0.650. The minimum atomic E-state index is -1.34. The van der Waals surface area contributed by atoms with E-state index in [2.05, 4.69) is 4.98 Å². The number of non-ortho nitro benzene ring substituents is 1. The zero-order valence-electron chi connectivity index (χ0n) is 13.9. The lowest BCUT2D eigenvalue weighted by atomic mass is 10.0. The second kappa shape index (κ2) is 6.20. The smallest absolute Gasteiger partial charge is 0.353 e. The van der Waals surface area contributed by atoms with Crippen LogP contribution in [0.2, 0.25) is 0 Å². The molecule has 0 spiro atoms. The fourth-order valence-corrected chi connectivity index (χ4v) is 3.29. The van der Waals surface area contributed by atoms with Gasteiger partial charge >= 0.3 is 5.95 Å². The van der Waals surface area contributed by atoms with Gasteiger partial charge in [-0.3, -0.25) is 10.1 Å². The van der Waals surface area contributed by atoms with Crippen molar-refractivity contribution in [2.45, 2.75) is 18.8 Å². The Morgan fingerprint density at radius 3 is 2.58 bits per heavy atom. The molecule has 2 aromatic carbocycles. The fourth-order valence-electron chi connectivity index (χ4n) is 3.29. The number of nitro benzene ring substituents is 1. The highest BCUT2D eigenvalue weighted by molar-refractivity contribution is 5.42. The van der Waals surface area contributed by atoms with Crippen molar-refractivity contribution in [2.75, 3.05) is 4.90 Å². The summed E-state index contributed by atoms with van der Waals surface area (Å²) in [6.07, 6.45) is 3.55. The lowest BCUT2D eigenvalue weighted by molar-refractivity contribution is -0.685. The standard InChI is InChI=1S/C19H17N4O3/c24-19(16-7-9-17(10-8-16)23(25)26)14-21-12-4-11-20-18(21)22(19)13-15-5-2-1-3-6-15/h1-12,24H,13-14H2/q+1/t19-/m1/s1. The van der Waals surface area contributed by atoms with Crippen LogP contribution < -0.4 is 9.47 Å². The number of nitrogens with zero attached hydrogens (tertiary/aromatic N) is 4. The molecule has 0 amide bonds. The Balaban J connectivity index is 1.76. The SMILES string of the molecule is O=[N+]([O-])c1ccc([C@]2(O)C[n+]3cccnc3N2Cc2ccccc2)cc1. The monoisotopic (exact) mass is 349 g/mol. The lowest BCUT2D eigenvalue weighted by Gasteiger charge is -2.28. The van der Waals surface area contributed by atoms with Crippen LogP contribution in [0.1, 0.15) is 11.1 Å². The molecule has 1 aliphatic rings. The predicted molar refractivity (Wildman–Crippen MR) is 94.1 cm³/mol. The van der Waals surface area contributed by atoms with Crippen LogP contribution in [0.5, 0.6) is 0 Å². The van der Waals surface area contributed by atoms with Crippen LogP contribution in [0.25, 0.3) is 0 Å². The van der Waals surface area contributed by atoms with E-state index in [1.54, 1.807) is 18.3 Å². The summed E-state index contributed by atoms with van der Waals surface area (Å²) in [6.45, 7) is 0.756. The van der Waals surface area contributed by atoms with E-state index >= 15 is 0 Å². The quantitative estimate of drug-likeness (QED) is 0.443. The third-order valence-corrected chi connectivity index (χ3v) is 4.60. The first-order chi connectivity index (χ1) is 12.6. The molecule has 0 bridgehead atoms. The van der Waals surface area contributed by atoms with E-state index in [0.717, 1.165) is 5.56 Å². The van der Waals surface area contributed by atoms with Crippen LogP contribution in [0.3, 0.4) is 0 Å². The van der Waals surface area contributed by atoms with E-state index in [-0.39, 0.29) is 5.69 Å². The Labute approximate surface area is 149 Å². The molecule has 3 aromatic rings. The zero-order chi connectivity index (χ0) is 18.1. The molecular formula is C19H17N4O3+. The summed E-state index contributed by atoms with van der Waals surface area (Å²) in [4.78, 5) is 16.7. The van der Waals surface area contributed by atoms with E-state index in [1.807, 2.05) is 52.1 Å². The van der Waals surface area contributed by atoms with Gasteiger partial charge in [0.15, 0.2) is 0 Å². The summed E-state index contributed by atoms with van der Waals surface area (Å²) < 4.78 is 1.88. The highest BCUT2D eigenvalue weighted by atomic mass is 16.6. The Bertz CT molecular complexity index is 947. The molecule has 1 aliphatic heterocycles. The molecule has 0 saturated carbocycles. The second-order valence-corrected chi connectivity index (χ2v) is 6.24. The van der Waals surface area contributed by atoms with Crippen molar-refractivity contribution in [1.82, 2.24) is 4.98 Å². The minimum Gasteiger partial charge on any atom is -0.353 e. The van der Waals surface area contributed by atoms with E-state index in [4.69, 9.17) is 0 Å². The molecule has 1 N–H and O–H groups in total. The van der Waals surface area contributed by atoms with Gasteiger partial charge in [0.2, 0.25) is 5.72 Å². The number of fused-ring (bicyclic) bond motifs is 1. The van der Waals surface area contributed by atoms with Crippen molar-refractivity contribution in [2.24, 2.45) is 0 Å². The molecular weight excluding hydrogens is 332 g/mol. The van der Waals surface area contributed by atoms with Gasteiger partial charge in [0, 0.05) is 23.8 Å². The van der Waals surface area contributed by atoms with Crippen molar-refractivity contribution in [3.8, 4) is 0 Å². The molecule has 130 valence electrons. The molecule has 26 heavy (non-hydrogen) atoms. The molecule has 0 aliphatic carbocycles. The van der Waals surface area contributed by atoms with Gasteiger partial charge in [0.25, 0.3) is 5.69 Å². The summed E-state index contributed by atoms with van der Waals surface area (Å²) in [7, 11) is 0. The number of hydrogen-bond acceptors (Lipinski definition) is 5. The maximum Gasteiger partial charge on any atom is 0.397 e. The summed E-state index contributed by atoms with van der Waals surface area (Å²) in [6, 6.07) is 17.6. The van der Waals surface area contributed by atoms with E-state index in [0.29, 0.717) is 24.6 Å². The highest BCUT2D eigenvalue weighted by Gasteiger charge is 2.51. The molecule has 4 rings (SSSR count). The number of aliphatic hydroxyl groups is 1. The molecule has 0 saturated heterocycles. The zero-order valence-corrected chi connectivity index (χ0v) is 13.9. The third kappa shape index (κ3) is 2.68. The number of rotatable bonds is 4. The van der Waals surface area contributed by atoms with Crippen molar-refractivity contribution in [1.29, 1.82) is 0 Å². The second-order valence-electron chi connectivity index (χ2n) is 6.24. The first-order valence-corrected chi connectivity index (χ1v) is 8.21. The highest BCUT2D eigenvalue weighted by Crippen LogP contribution is 2.35. The Morgan fingerprint density at radius 1 is 1.15 bits per heavy atom. The average Bonchev–Trinajstić information content (AvgIpc) is 2.96. The largest absolute Gasteiger partial charge is 0.397 e. The molecule has 0 radical (unpaired) electrons. The molecule has 0 fully saturated rings. The van der Waals surface area contributed by atoms with Crippen LogP contribution in [0, 0.1) is 10.1 Å². The first-order valence-electron chi connectivity index (χ1n) is 8.21. The topological polar surface area (TPSA) is 83.4 Å². The van der Waals surface area contributed by atoms with Gasteiger partial charge in [-0.2, -0.15) is 0 Å². The predicted octanol–water partition coefficient (Wildman–Crippen LogP) is 2.14. The molecule has 2 heterocycles. The van der Waals surface area contributed by atoms with Crippen LogP contribution in [-0.4, -0.2) is 15.0 Å². The van der Waals surface area contributed by atoms with E-state index < -0.39 is 10.6 Å². The van der Waals surface area contributed by atoms with Gasteiger partial charge in [-0.15, -0.1) is 0 Å². The maximum absolute atomic E-state index is 11.5. The summed E-state index contributed by atoms with van der Waals surface area (Å²) in [5.41, 5.74) is 0.275. The van der Waals surface area contributed by atoms with Crippen molar-refractivity contribution in [3.63, 3.8) is 0 Å². The van der Waals surface area contributed by atoms with E-state index in [9.17, 15) is 15.2 Å². The van der Waals surface area contributed by atoms with Crippen LogP contribution in [0.4, 0.5) is 11.6 Å². The molecule has 0 unspecified atom stereocenters. The summed E-state index contributed by atoms with van der Waals surface area (Å²) in [5, 5.41) is 22.4.